The molecular formula is C18H17F3N4O3S2. The number of likely N-dealkylation sites (N-methyl/N-ethyl adjacent to an activating group) is 1. The van der Waals surface area contributed by atoms with Gasteiger partial charge in [0.1, 0.15) is 27.8 Å². The van der Waals surface area contributed by atoms with Crippen molar-refractivity contribution in [3.8, 4) is 5.75 Å². The molecule has 0 spiro atoms. The molecule has 2 aromatic carbocycles. The molecule has 3 aromatic rings. The Balaban J connectivity index is 1.67. The molecule has 0 saturated carbocycles. The number of likely N-dealkylation sites (tertiary alicyclic amines) is 1. The largest absolute Gasteiger partial charge is 0.488 e. The average Bonchev–Trinajstić information content (AvgIpc) is 3.29. The monoisotopic (exact) mass is 458 g/mol. The van der Waals surface area contributed by atoms with Gasteiger partial charge in [-0.3, -0.25) is 4.72 Å². The standard InChI is InChI=1S/C18H17F3N4O3S2/c1-25-8-7-12(10-25)28-15-9-11(5-6-13(15)18(19,20)21)24-30(26,27)16-4-2-3-14-17(16)23-29-22-14/h2-6,9,12,24H,7-8,10H2,1H3. The number of anilines is 1. The van der Waals surface area contributed by atoms with E-state index < -0.39 is 33.6 Å². The van der Waals surface area contributed by atoms with E-state index in [1.165, 1.54) is 12.1 Å². The van der Waals surface area contributed by atoms with Crippen LogP contribution in [-0.4, -0.2) is 48.3 Å². The second kappa shape index (κ2) is 7.67. The van der Waals surface area contributed by atoms with E-state index in [2.05, 4.69) is 13.5 Å². The molecule has 1 aromatic heterocycles. The molecule has 2 heterocycles. The van der Waals surface area contributed by atoms with Gasteiger partial charge in [0.25, 0.3) is 10.0 Å². The van der Waals surface area contributed by atoms with Crippen LogP contribution in [0.25, 0.3) is 11.0 Å². The van der Waals surface area contributed by atoms with Crippen molar-refractivity contribution in [3.05, 3.63) is 42.0 Å². The number of rotatable bonds is 5. The molecule has 1 aliphatic rings. The number of hydrogen-bond acceptors (Lipinski definition) is 7. The predicted octanol–water partition coefficient (Wildman–Crippen LogP) is 3.59. The van der Waals surface area contributed by atoms with Gasteiger partial charge in [-0.05, 0) is 37.7 Å². The summed E-state index contributed by atoms with van der Waals surface area (Å²) in [5.41, 5.74) is -0.368. The van der Waals surface area contributed by atoms with Crippen LogP contribution in [0.1, 0.15) is 12.0 Å². The van der Waals surface area contributed by atoms with Crippen LogP contribution in [0.5, 0.6) is 5.75 Å². The Morgan fingerprint density at radius 1 is 1.23 bits per heavy atom. The Morgan fingerprint density at radius 2 is 2.03 bits per heavy atom. The minimum atomic E-state index is -4.63. The number of halogens is 3. The first-order valence-corrected chi connectivity index (χ1v) is 11.2. The lowest BCUT2D eigenvalue weighted by Crippen LogP contribution is -2.23. The molecule has 1 aliphatic heterocycles. The SMILES string of the molecule is CN1CCC(Oc2cc(NS(=O)(=O)c3cccc4nsnc34)ccc2C(F)(F)F)C1. The van der Waals surface area contributed by atoms with Crippen LogP contribution < -0.4 is 9.46 Å². The second-order valence-electron chi connectivity index (χ2n) is 6.99. The minimum Gasteiger partial charge on any atom is -0.488 e. The fraction of sp³-hybridized carbons (Fsp3) is 0.333. The number of nitrogens with zero attached hydrogens (tertiary/aromatic N) is 3. The van der Waals surface area contributed by atoms with Crippen molar-refractivity contribution in [2.75, 3.05) is 24.9 Å². The smallest absolute Gasteiger partial charge is 0.419 e. The van der Waals surface area contributed by atoms with Crippen LogP contribution in [0.15, 0.2) is 41.3 Å². The molecule has 12 heteroatoms. The van der Waals surface area contributed by atoms with Gasteiger partial charge in [0, 0.05) is 19.2 Å². The molecule has 30 heavy (non-hydrogen) atoms. The van der Waals surface area contributed by atoms with Crippen LogP contribution >= 0.6 is 11.7 Å². The maximum absolute atomic E-state index is 13.4. The zero-order chi connectivity index (χ0) is 21.5. The molecule has 1 N–H and O–H groups in total. The molecule has 160 valence electrons. The normalized spacial score (nSPS) is 18.1. The quantitative estimate of drug-likeness (QED) is 0.629. The van der Waals surface area contributed by atoms with Crippen LogP contribution in [0.4, 0.5) is 18.9 Å². The summed E-state index contributed by atoms with van der Waals surface area (Å²) in [5.74, 6) is -0.406. The molecule has 0 amide bonds. The van der Waals surface area contributed by atoms with Gasteiger partial charge in [0.15, 0.2) is 0 Å². The summed E-state index contributed by atoms with van der Waals surface area (Å²) in [5, 5.41) is 0. The lowest BCUT2D eigenvalue weighted by Gasteiger charge is -2.19. The van der Waals surface area contributed by atoms with Gasteiger partial charge in [0.05, 0.1) is 23.0 Å². The number of aromatic nitrogens is 2. The summed E-state index contributed by atoms with van der Waals surface area (Å²) >= 11 is 0.873. The Hall–Kier alpha value is -2.44. The van der Waals surface area contributed by atoms with Crippen molar-refractivity contribution >= 4 is 38.5 Å². The Labute approximate surface area is 174 Å². The van der Waals surface area contributed by atoms with Crippen molar-refractivity contribution in [1.82, 2.24) is 13.6 Å². The van der Waals surface area contributed by atoms with Crippen LogP contribution in [0.3, 0.4) is 0 Å². The first-order chi connectivity index (χ1) is 14.1. The number of benzene rings is 2. The van der Waals surface area contributed by atoms with Gasteiger partial charge in [-0.2, -0.15) is 21.9 Å². The predicted molar refractivity (Wildman–Crippen MR) is 106 cm³/mol. The summed E-state index contributed by atoms with van der Waals surface area (Å²) in [6, 6.07) is 7.46. The summed E-state index contributed by atoms with van der Waals surface area (Å²) in [7, 11) is -2.25. The summed E-state index contributed by atoms with van der Waals surface area (Å²) in [6.07, 6.45) is -4.45. The Kier molecular flexibility index (Phi) is 5.32. The topological polar surface area (TPSA) is 84.4 Å². The number of ether oxygens (including phenoxy) is 1. The Morgan fingerprint density at radius 3 is 2.73 bits per heavy atom. The molecule has 1 saturated heterocycles. The molecule has 0 aliphatic carbocycles. The van der Waals surface area contributed by atoms with Crippen LogP contribution in [0.2, 0.25) is 0 Å². The highest BCUT2D eigenvalue weighted by Crippen LogP contribution is 2.39. The van der Waals surface area contributed by atoms with Gasteiger partial charge in [-0.1, -0.05) is 6.07 Å². The van der Waals surface area contributed by atoms with Crippen molar-refractivity contribution in [2.24, 2.45) is 0 Å². The molecule has 0 radical (unpaired) electrons. The molecular weight excluding hydrogens is 441 g/mol. The van der Waals surface area contributed by atoms with E-state index in [4.69, 9.17) is 4.74 Å². The highest BCUT2D eigenvalue weighted by atomic mass is 32.2. The highest BCUT2D eigenvalue weighted by molar-refractivity contribution is 7.93. The molecule has 1 unspecified atom stereocenters. The van der Waals surface area contributed by atoms with Gasteiger partial charge in [-0.25, -0.2) is 8.42 Å². The molecule has 1 fully saturated rings. The lowest BCUT2D eigenvalue weighted by molar-refractivity contribution is -0.139. The average molecular weight is 458 g/mol. The lowest BCUT2D eigenvalue weighted by atomic mass is 10.1. The van der Waals surface area contributed by atoms with Gasteiger partial charge < -0.3 is 9.64 Å². The number of fused-ring (bicyclic) bond motifs is 1. The van der Waals surface area contributed by atoms with E-state index in [1.807, 2.05) is 11.9 Å². The molecule has 4 rings (SSSR count). The van der Waals surface area contributed by atoms with Gasteiger partial charge >= 0.3 is 6.18 Å². The van der Waals surface area contributed by atoms with Crippen LogP contribution in [-0.2, 0) is 16.2 Å². The van der Waals surface area contributed by atoms with Crippen LogP contribution in [0, 0.1) is 0 Å². The summed E-state index contributed by atoms with van der Waals surface area (Å²) in [4.78, 5) is 1.85. The highest BCUT2D eigenvalue weighted by Gasteiger charge is 2.36. The second-order valence-corrected chi connectivity index (χ2v) is 9.17. The third-order valence-electron chi connectivity index (χ3n) is 4.72. The summed E-state index contributed by atoms with van der Waals surface area (Å²) < 4.78 is 81.9. The van der Waals surface area contributed by atoms with E-state index in [9.17, 15) is 21.6 Å². The third-order valence-corrected chi connectivity index (χ3v) is 6.67. The Bertz CT molecular complexity index is 1180. The number of alkyl halides is 3. The third kappa shape index (κ3) is 4.20. The zero-order valence-corrected chi connectivity index (χ0v) is 17.3. The zero-order valence-electron chi connectivity index (χ0n) is 15.7. The molecule has 7 nitrogen and oxygen atoms in total. The van der Waals surface area contributed by atoms with E-state index in [1.54, 1.807) is 6.07 Å². The number of hydrogen-bond donors (Lipinski definition) is 1. The maximum atomic E-state index is 13.4. The van der Waals surface area contributed by atoms with E-state index in [-0.39, 0.29) is 16.1 Å². The number of nitrogens with one attached hydrogen (secondary N) is 1. The first-order valence-electron chi connectivity index (χ1n) is 8.94. The fourth-order valence-electron chi connectivity index (χ4n) is 3.30. The van der Waals surface area contributed by atoms with E-state index in [0.29, 0.717) is 25.0 Å². The molecule has 0 bridgehead atoms. The summed E-state index contributed by atoms with van der Waals surface area (Å²) in [6.45, 7) is 1.20. The maximum Gasteiger partial charge on any atom is 0.419 e. The minimum absolute atomic E-state index is 0.0375. The van der Waals surface area contributed by atoms with E-state index in [0.717, 1.165) is 29.9 Å². The molecule has 1 atom stereocenters. The number of sulfonamides is 1. The van der Waals surface area contributed by atoms with Crippen molar-refractivity contribution in [3.63, 3.8) is 0 Å². The van der Waals surface area contributed by atoms with Crippen molar-refractivity contribution < 1.29 is 26.3 Å². The van der Waals surface area contributed by atoms with Gasteiger partial charge in [-0.15, -0.1) is 0 Å². The van der Waals surface area contributed by atoms with E-state index >= 15 is 0 Å². The van der Waals surface area contributed by atoms with Gasteiger partial charge in [0.2, 0.25) is 0 Å². The van der Waals surface area contributed by atoms with Crippen molar-refractivity contribution in [1.29, 1.82) is 0 Å². The first kappa shape index (κ1) is 20.8. The fourth-order valence-corrected chi connectivity index (χ4v) is 5.11. The van der Waals surface area contributed by atoms with Crippen molar-refractivity contribution in [2.45, 2.75) is 23.6 Å².